The molecule has 0 fully saturated rings. The van der Waals surface area contributed by atoms with Crippen molar-refractivity contribution in [2.24, 2.45) is 5.41 Å². The summed E-state index contributed by atoms with van der Waals surface area (Å²) in [5.41, 5.74) is 0.417. The Balaban J connectivity index is 4.27. The molecule has 0 aliphatic carbocycles. The van der Waals surface area contributed by atoms with Gasteiger partial charge in [-0.2, -0.15) is 12.6 Å². The van der Waals surface area contributed by atoms with Gasteiger partial charge in [-0.1, -0.05) is 27.2 Å². The lowest BCUT2D eigenvalue weighted by Crippen LogP contribution is -2.40. The van der Waals surface area contributed by atoms with Crippen LogP contribution in [0.15, 0.2) is 0 Å². The minimum absolute atomic E-state index is 0.417. The van der Waals surface area contributed by atoms with Crippen molar-refractivity contribution in [3.8, 4) is 0 Å². The molecule has 0 aromatic carbocycles. The zero-order chi connectivity index (χ0) is 11.9. The SMILES string of the molecule is CCCC(C)N(C)CC(CC)(CC)CS. The molecule has 0 heterocycles. The second kappa shape index (κ2) is 7.56. The van der Waals surface area contributed by atoms with Gasteiger partial charge in [0.05, 0.1) is 0 Å². The van der Waals surface area contributed by atoms with E-state index < -0.39 is 0 Å². The smallest absolute Gasteiger partial charge is 0.00640 e. The van der Waals surface area contributed by atoms with Gasteiger partial charge in [0, 0.05) is 12.6 Å². The lowest BCUT2D eigenvalue weighted by atomic mass is 9.83. The average Bonchev–Trinajstić information content (AvgIpc) is 2.26. The highest BCUT2D eigenvalue weighted by Gasteiger charge is 2.27. The normalized spacial score (nSPS) is 14.6. The van der Waals surface area contributed by atoms with Crippen molar-refractivity contribution in [2.75, 3.05) is 19.3 Å². The second-order valence-corrected chi connectivity index (χ2v) is 5.23. The van der Waals surface area contributed by atoms with Crippen molar-refractivity contribution < 1.29 is 0 Å². The minimum Gasteiger partial charge on any atom is -0.303 e. The van der Waals surface area contributed by atoms with Crippen molar-refractivity contribution in [1.82, 2.24) is 4.90 Å². The maximum absolute atomic E-state index is 4.53. The van der Waals surface area contributed by atoms with Gasteiger partial charge in [0.1, 0.15) is 0 Å². The molecule has 0 radical (unpaired) electrons. The Morgan fingerprint density at radius 2 is 1.73 bits per heavy atom. The molecule has 15 heavy (non-hydrogen) atoms. The summed E-state index contributed by atoms with van der Waals surface area (Å²) >= 11 is 4.53. The quantitative estimate of drug-likeness (QED) is 0.621. The third kappa shape index (κ3) is 4.78. The van der Waals surface area contributed by atoms with Gasteiger partial charge in [-0.05, 0) is 44.4 Å². The van der Waals surface area contributed by atoms with Crippen LogP contribution in [0.4, 0.5) is 0 Å². The van der Waals surface area contributed by atoms with Crippen LogP contribution < -0.4 is 0 Å². The Hall–Kier alpha value is 0.310. The molecule has 0 N–H and O–H groups in total. The summed E-state index contributed by atoms with van der Waals surface area (Å²) in [7, 11) is 2.25. The predicted octanol–water partition coefficient (Wildman–Crippen LogP) is 3.84. The molecule has 1 nitrogen and oxygen atoms in total. The van der Waals surface area contributed by atoms with Gasteiger partial charge >= 0.3 is 0 Å². The van der Waals surface area contributed by atoms with E-state index in [9.17, 15) is 0 Å². The first kappa shape index (κ1) is 15.3. The summed E-state index contributed by atoms with van der Waals surface area (Å²) in [6.07, 6.45) is 5.04. The molecule has 0 rings (SSSR count). The van der Waals surface area contributed by atoms with Crippen molar-refractivity contribution in [3.63, 3.8) is 0 Å². The largest absolute Gasteiger partial charge is 0.303 e. The molecule has 0 saturated carbocycles. The Kier molecular flexibility index (Phi) is 7.72. The number of hydrogen-bond donors (Lipinski definition) is 1. The van der Waals surface area contributed by atoms with E-state index in [4.69, 9.17) is 0 Å². The first-order valence-electron chi connectivity index (χ1n) is 6.36. The van der Waals surface area contributed by atoms with Gasteiger partial charge in [0.15, 0.2) is 0 Å². The molecular formula is C13H29NS. The maximum Gasteiger partial charge on any atom is 0.00640 e. The van der Waals surface area contributed by atoms with Crippen LogP contribution >= 0.6 is 12.6 Å². The molecule has 0 amide bonds. The molecule has 0 aromatic rings. The summed E-state index contributed by atoms with van der Waals surface area (Å²) in [5, 5.41) is 0. The summed E-state index contributed by atoms with van der Waals surface area (Å²) in [6, 6.07) is 0.701. The van der Waals surface area contributed by atoms with E-state index in [0.29, 0.717) is 11.5 Å². The first-order valence-corrected chi connectivity index (χ1v) is 6.99. The number of thiol groups is 1. The highest BCUT2D eigenvalue weighted by molar-refractivity contribution is 7.80. The summed E-state index contributed by atoms with van der Waals surface area (Å²) in [4.78, 5) is 2.51. The standard InChI is InChI=1S/C13H29NS/c1-6-9-12(4)14(5)10-13(7-2,8-3)11-15/h12,15H,6-11H2,1-5H3. The molecule has 2 heteroatoms. The van der Waals surface area contributed by atoms with E-state index >= 15 is 0 Å². The summed E-state index contributed by atoms with van der Waals surface area (Å²) < 4.78 is 0. The van der Waals surface area contributed by atoms with Gasteiger partial charge in [0.25, 0.3) is 0 Å². The summed E-state index contributed by atoms with van der Waals surface area (Å²) in [5.74, 6) is 1.00. The van der Waals surface area contributed by atoms with Gasteiger partial charge in [-0.3, -0.25) is 0 Å². The van der Waals surface area contributed by atoms with Crippen LogP contribution in [0.1, 0.15) is 53.4 Å². The van der Waals surface area contributed by atoms with Crippen LogP contribution in [0.2, 0.25) is 0 Å². The van der Waals surface area contributed by atoms with Crippen LogP contribution in [-0.2, 0) is 0 Å². The molecule has 0 saturated heterocycles. The summed E-state index contributed by atoms with van der Waals surface area (Å²) in [6.45, 7) is 10.4. The zero-order valence-corrected chi connectivity index (χ0v) is 12.1. The Morgan fingerprint density at radius 3 is 2.07 bits per heavy atom. The van der Waals surface area contributed by atoms with Crippen LogP contribution in [0.3, 0.4) is 0 Å². The minimum atomic E-state index is 0.417. The number of nitrogens with zero attached hydrogens (tertiary/aromatic N) is 1. The predicted molar refractivity (Wildman–Crippen MR) is 73.9 cm³/mol. The van der Waals surface area contributed by atoms with Crippen LogP contribution in [0, 0.1) is 5.41 Å². The Bertz CT molecular complexity index is 146. The fourth-order valence-corrected chi connectivity index (χ4v) is 2.62. The van der Waals surface area contributed by atoms with Crippen molar-refractivity contribution >= 4 is 12.6 Å². The zero-order valence-electron chi connectivity index (χ0n) is 11.2. The fourth-order valence-electron chi connectivity index (χ4n) is 2.07. The van der Waals surface area contributed by atoms with E-state index in [1.165, 1.54) is 32.2 Å². The number of hydrogen-bond acceptors (Lipinski definition) is 2. The number of rotatable bonds is 8. The van der Waals surface area contributed by atoms with Crippen molar-refractivity contribution in [3.05, 3.63) is 0 Å². The monoisotopic (exact) mass is 231 g/mol. The van der Waals surface area contributed by atoms with E-state index in [2.05, 4.69) is 52.3 Å². The van der Waals surface area contributed by atoms with Gasteiger partial charge in [-0.15, -0.1) is 0 Å². The second-order valence-electron chi connectivity index (χ2n) is 4.92. The molecule has 0 aliphatic rings. The van der Waals surface area contributed by atoms with Crippen molar-refractivity contribution in [2.45, 2.75) is 59.4 Å². The third-order valence-corrected chi connectivity index (χ3v) is 4.55. The Labute approximate surface area is 102 Å². The highest BCUT2D eigenvalue weighted by Crippen LogP contribution is 2.29. The molecule has 0 spiro atoms. The lowest BCUT2D eigenvalue weighted by Gasteiger charge is -2.37. The van der Waals surface area contributed by atoms with Gasteiger partial charge in [0.2, 0.25) is 0 Å². The van der Waals surface area contributed by atoms with E-state index in [1.54, 1.807) is 0 Å². The van der Waals surface area contributed by atoms with E-state index in [0.717, 1.165) is 5.75 Å². The molecule has 92 valence electrons. The lowest BCUT2D eigenvalue weighted by molar-refractivity contribution is 0.144. The van der Waals surface area contributed by atoms with Crippen LogP contribution in [-0.4, -0.2) is 30.3 Å². The average molecular weight is 231 g/mol. The molecule has 0 bridgehead atoms. The Morgan fingerprint density at radius 1 is 1.20 bits per heavy atom. The van der Waals surface area contributed by atoms with Gasteiger partial charge in [-0.25, -0.2) is 0 Å². The van der Waals surface area contributed by atoms with Crippen molar-refractivity contribution in [1.29, 1.82) is 0 Å². The molecule has 0 aromatic heterocycles. The molecule has 1 unspecified atom stereocenters. The van der Waals surface area contributed by atoms with Crippen LogP contribution in [0.5, 0.6) is 0 Å². The van der Waals surface area contributed by atoms with Gasteiger partial charge < -0.3 is 4.90 Å². The fraction of sp³-hybridized carbons (Fsp3) is 1.00. The molecular weight excluding hydrogens is 202 g/mol. The topological polar surface area (TPSA) is 3.24 Å². The van der Waals surface area contributed by atoms with E-state index in [-0.39, 0.29) is 0 Å². The van der Waals surface area contributed by atoms with E-state index in [1.807, 2.05) is 0 Å². The molecule has 1 atom stereocenters. The maximum atomic E-state index is 4.53. The molecule has 0 aliphatic heterocycles. The first-order chi connectivity index (χ1) is 7.05. The third-order valence-electron chi connectivity index (χ3n) is 3.88. The van der Waals surface area contributed by atoms with Crippen LogP contribution in [0.25, 0.3) is 0 Å². The highest BCUT2D eigenvalue weighted by atomic mass is 32.1.